The van der Waals surface area contributed by atoms with E-state index in [0.717, 1.165) is 24.1 Å². The van der Waals surface area contributed by atoms with Crippen LogP contribution in [0.5, 0.6) is 0 Å². The number of H-pyrrole nitrogens is 1. The first-order valence-corrected chi connectivity index (χ1v) is 8.90. The molecule has 26 heavy (non-hydrogen) atoms. The van der Waals surface area contributed by atoms with Crippen molar-refractivity contribution < 1.29 is 0 Å². The normalized spacial score (nSPS) is 10.9. The van der Waals surface area contributed by atoms with Crippen molar-refractivity contribution in [1.82, 2.24) is 4.98 Å². The molecule has 0 amide bonds. The molecule has 4 aromatic rings. The lowest BCUT2D eigenvalue weighted by Crippen LogP contribution is -1.99. The van der Waals surface area contributed by atoms with Crippen LogP contribution in [0.15, 0.2) is 91.3 Å². The second kappa shape index (κ2) is 6.93. The van der Waals surface area contributed by atoms with Crippen molar-refractivity contribution in [2.24, 2.45) is 5.73 Å². The molecule has 0 unspecified atom stereocenters. The molecule has 3 aromatic carbocycles. The summed E-state index contributed by atoms with van der Waals surface area (Å²) in [7, 11) is 0. The zero-order chi connectivity index (χ0) is 17.9. The van der Waals surface area contributed by atoms with E-state index in [1.165, 1.54) is 33.2 Å². The van der Waals surface area contributed by atoms with Crippen LogP contribution in [0.2, 0.25) is 0 Å². The van der Waals surface area contributed by atoms with Crippen LogP contribution < -0.4 is 5.73 Å². The SMILES string of the molecule is C=C(N)CCc1cc(-c2ccccc2)ccc1-c1ccc2cc[nH]c2c1. The predicted octanol–water partition coefficient (Wildman–Crippen LogP) is 5.91. The molecule has 0 radical (unpaired) electrons. The maximum absolute atomic E-state index is 5.84. The molecule has 0 aliphatic rings. The van der Waals surface area contributed by atoms with Gasteiger partial charge in [-0.2, -0.15) is 0 Å². The van der Waals surface area contributed by atoms with Gasteiger partial charge in [-0.3, -0.25) is 0 Å². The highest BCUT2D eigenvalue weighted by Gasteiger charge is 2.09. The third-order valence-corrected chi connectivity index (χ3v) is 4.79. The van der Waals surface area contributed by atoms with E-state index in [-0.39, 0.29) is 0 Å². The molecule has 0 saturated carbocycles. The molecule has 128 valence electrons. The summed E-state index contributed by atoms with van der Waals surface area (Å²) in [4.78, 5) is 3.30. The number of allylic oxidation sites excluding steroid dienone is 1. The number of aromatic nitrogens is 1. The van der Waals surface area contributed by atoms with Crippen molar-refractivity contribution in [3.05, 3.63) is 96.8 Å². The summed E-state index contributed by atoms with van der Waals surface area (Å²) in [5.41, 5.74) is 13.9. The number of nitrogens with two attached hydrogens (primary N) is 1. The quantitative estimate of drug-likeness (QED) is 0.467. The van der Waals surface area contributed by atoms with Gasteiger partial charge in [0.1, 0.15) is 0 Å². The van der Waals surface area contributed by atoms with Crippen LogP contribution in [0, 0.1) is 0 Å². The fourth-order valence-electron chi connectivity index (χ4n) is 3.40. The zero-order valence-corrected chi connectivity index (χ0v) is 14.7. The monoisotopic (exact) mass is 338 g/mol. The minimum absolute atomic E-state index is 0.723. The van der Waals surface area contributed by atoms with E-state index in [4.69, 9.17) is 5.73 Å². The summed E-state index contributed by atoms with van der Waals surface area (Å²) < 4.78 is 0. The number of nitrogens with one attached hydrogen (secondary N) is 1. The minimum atomic E-state index is 0.723. The van der Waals surface area contributed by atoms with Gasteiger partial charge in [-0.05, 0) is 58.2 Å². The molecule has 2 heteroatoms. The van der Waals surface area contributed by atoms with Gasteiger partial charge in [0.25, 0.3) is 0 Å². The Kier molecular flexibility index (Phi) is 4.32. The molecule has 0 fully saturated rings. The first-order valence-electron chi connectivity index (χ1n) is 8.90. The minimum Gasteiger partial charge on any atom is -0.403 e. The van der Waals surface area contributed by atoms with E-state index < -0.39 is 0 Å². The second-order valence-electron chi connectivity index (χ2n) is 6.68. The molecular formula is C24H22N2. The fourth-order valence-corrected chi connectivity index (χ4v) is 3.40. The lowest BCUT2D eigenvalue weighted by molar-refractivity contribution is 0.933. The summed E-state index contributed by atoms with van der Waals surface area (Å²) in [6.07, 6.45) is 3.65. The lowest BCUT2D eigenvalue weighted by atomic mass is 9.92. The highest BCUT2D eigenvalue weighted by Crippen LogP contribution is 2.31. The van der Waals surface area contributed by atoms with E-state index >= 15 is 0 Å². The third-order valence-electron chi connectivity index (χ3n) is 4.79. The van der Waals surface area contributed by atoms with Crippen molar-refractivity contribution in [3.8, 4) is 22.3 Å². The van der Waals surface area contributed by atoms with Crippen LogP contribution in [0.3, 0.4) is 0 Å². The number of hydrogen-bond acceptors (Lipinski definition) is 1. The van der Waals surface area contributed by atoms with Gasteiger partial charge in [0.2, 0.25) is 0 Å². The van der Waals surface area contributed by atoms with Crippen LogP contribution in [-0.2, 0) is 6.42 Å². The Bertz CT molecular complexity index is 1060. The van der Waals surface area contributed by atoms with Gasteiger partial charge in [0.15, 0.2) is 0 Å². The summed E-state index contributed by atoms with van der Waals surface area (Å²) in [6.45, 7) is 3.86. The Hall–Kier alpha value is -3.26. The smallest absolute Gasteiger partial charge is 0.0460 e. The lowest BCUT2D eigenvalue weighted by Gasteiger charge is -2.13. The van der Waals surface area contributed by atoms with Gasteiger partial charge in [-0.1, -0.05) is 67.2 Å². The molecule has 0 spiro atoms. The Morgan fingerprint density at radius 1 is 0.846 bits per heavy atom. The van der Waals surface area contributed by atoms with E-state index in [1.54, 1.807) is 0 Å². The number of hydrogen-bond donors (Lipinski definition) is 2. The number of rotatable bonds is 5. The molecule has 1 aromatic heterocycles. The van der Waals surface area contributed by atoms with E-state index in [1.807, 2.05) is 12.3 Å². The van der Waals surface area contributed by atoms with Gasteiger partial charge in [-0.25, -0.2) is 0 Å². The molecule has 0 bridgehead atoms. The summed E-state index contributed by atoms with van der Waals surface area (Å²) in [5.74, 6) is 0. The predicted molar refractivity (Wildman–Crippen MR) is 111 cm³/mol. The number of aryl methyl sites for hydroxylation is 1. The molecule has 0 atom stereocenters. The average molecular weight is 338 g/mol. The molecule has 0 aliphatic heterocycles. The van der Waals surface area contributed by atoms with Crippen LogP contribution in [0.1, 0.15) is 12.0 Å². The zero-order valence-electron chi connectivity index (χ0n) is 14.7. The summed E-state index contributed by atoms with van der Waals surface area (Å²) in [6, 6.07) is 25.8. The highest BCUT2D eigenvalue weighted by atomic mass is 14.7. The van der Waals surface area contributed by atoms with Crippen LogP contribution in [-0.4, -0.2) is 4.98 Å². The Labute approximate surface area is 154 Å². The number of benzene rings is 3. The van der Waals surface area contributed by atoms with E-state index in [0.29, 0.717) is 0 Å². The van der Waals surface area contributed by atoms with Crippen molar-refractivity contribution in [2.75, 3.05) is 0 Å². The Balaban J connectivity index is 1.80. The highest BCUT2D eigenvalue weighted by molar-refractivity contribution is 5.86. The van der Waals surface area contributed by atoms with Crippen molar-refractivity contribution >= 4 is 10.9 Å². The van der Waals surface area contributed by atoms with E-state index in [9.17, 15) is 0 Å². The van der Waals surface area contributed by atoms with Crippen molar-refractivity contribution in [3.63, 3.8) is 0 Å². The Morgan fingerprint density at radius 2 is 1.65 bits per heavy atom. The second-order valence-corrected chi connectivity index (χ2v) is 6.68. The molecule has 1 heterocycles. The molecule has 3 N–H and O–H groups in total. The number of fused-ring (bicyclic) bond motifs is 1. The molecule has 0 aliphatic carbocycles. The van der Waals surface area contributed by atoms with Gasteiger partial charge >= 0.3 is 0 Å². The van der Waals surface area contributed by atoms with Crippen molar-refractivity contribution in [1.29, 1.82) is 0 Å². The maximum atomic E-state index is 5.84. The van der Waals surface area contributed by atoms with Crippen LogP contribution >= 0.6 is 0 Å². The van der Waals surface area contributed by atoms with Crippen LogP contribution in [0.4, 0.5) is 0 Å². The molecule has 2 nitrogen and oxygen atoms in total. The maximum Gasteiger partial charge on any atom is 0.0460 e. The van der Waals surface area contributed by atoms with Gasteiger partial charge in [0, 0.05) is 17.4 Å². The standard InChI is InChI=1S/C24H22N2/c1-17(25)7-8-21-15-20(18-5-3-2-4-6-18)11-12-23(21)22-10-9-19-13-14-26-24(19)16-22/h2-6,9-16,26H,1,7-8,25H2. The van der Waals surface area contributed by atoms with E-state index in [2.05, 4.69) is 78.3 Å². The summed E-state index contributed by atoms with van der Waals surface area (Å²) in [5, 5.41) is 1.23. The fraction of sp³-hybridized carbons (Fsp3) is 0.0833. The third kappa shape index (κ3) is 3.27. The van der Waals surface area contributed by atoms with Gasteiger partial charge in [0.05, 0.1) is 0 Å². The first kappa shape index (κ1) is 16.2. The first-order chi connectivity index (χ1) is 12.7. The van der Waals surface area contributed by atoms with Crippen LogP contribution in [0.25, 0.3) is 33.2 Å². The van der Waals surface area contributed by atoms with Gasteiger partial charge in [-0.15, -0.1) is 0 Å². The molecular weight excluding hydrogens is 316 g/mol. The largest absolute Gasteiger partial charge is 0.403 e. The van der Waals surface area contributed by atoms with Gasteiger partial charge < -0.3 is 10.7 Å². The Morgan fingerprint density at radius 3 is 2.46 bits per heavy atom. The molecule has 0 saturated heterocycles. The average Bonchev–Trinajstić information content (AvgIpc) is 3.14. The summed E-state index contributed by atoms with van der Waals surface area (Å²) >= 11 is 0. The molecule has 4 rings (SSSR count). The topological polar surface area (TPSA) is 41.8 Å². The number of aromatic amines is 1. The van der Waals surface area contributed by atoms with Crippen molar-refractivity contribution in [2.45, 2.75) is 12.8 Å².